The van der Waals surface area contributed by atoms with E-state index in [2.05, 4.69) is 5.32 Å². The zero-order chi connectivity index (χ0) is 21.8. The Morgan fingerprint density at radius 2 is 1.90 bits per heavy atom. The maximum absolute atomic E-state index is 12.5. The van der Waals surface area contributed by atoms with E-state index in [9.17, 15) is 25.3 Å². The molecule has 2 aromatic carbocycles. The van der Waals surface area contributed by atoms with Crippen molar-refractivity contribution in [1.29, 1.82) is 5.26 Å². The Kier molecular flexibility index (Phi) is 5.65. The molecule has 1 amide bonds. The van der Waals surface area contributed by atoms with Crippen molar-refractivity contribution in [3.63, 3.8) is 0 Å². The Morgan fingerprint density at radius 3 is 2.53 bits per heavy atom. The first kappa shape index (κ1) is 20.4. The third kappa shape index (κ3) is 4.20. The standard InChI is InChI=1S/C22H18N4O4/c1-14-10-16(15(2)25(14)19-4-3-5-20(12-19)26(29)30)11-17(13-23)22(28)24-18-6-8-21(27)9-7-18/h3-12,27H,1-2H3,(H,24,28)/b17-11-. The van der Waals surface area contributed by atoms with E-state index in [1.54, 1.807) is 18.2 Å². The smallest absolute Gasteiger partial charge is 0.271 e. The number of anilines is 1. The number of nitriles is 1. The van der Waals surface area contributed by atoms with Gasteiger partial charge >= 0.3 is 0 Å². The molecule has 0 bridgehead atoms. The van der Waals surface area contributed by atoms with Crippen molar-refractivity contribution in [2.24, 2.45) is 0 Å². The topological polar surface area (TPSA) is 121 Å². The molecule has 0 fully saturated rings. The van der Waals surface area contributed by atoms with Gasteiger partial charge in [-0.1, -0.05) is 6.07 Å². The van der Waals surface area contributed by atoms with E-state index < -0.39 is 10.8 Å². The quantitative estimate of drug-likeness (QED) is 0.217. The number of hydrogen-bond donors (Lipinski definition) is 2. The summed E-state index contributed by atoms with van der Waals surface area (Å²) in [6.45, 7) is 3.65. The number of carbonyl (C=O) groups is 1. The number of nitrogens with zero attached hydrogens (tertiary/aromatic N) is 3. The number of aromatic nitrogens is 1. The van der Waals surface area contributed by atoms with Gasteiger partial charge in [0.25, 0.3) is 11.6 Å². The molecular formula is C22H18N4O4. The number of nitrogens with one attached hydrogen (secondary N) is 1. The van der Waals surface area contributed by atoms with Crippen molar-refractivity contribution in [3.05, 3.63) is 87.2 Å². The molecule has 3 aromatic rings. The van der Waals surface area contributed by atoms with Gasteiger partial charge in [-0.15, -0.1) is 0 Å². The third-order valence-corrected chi connectivity index (χ3v) is 4.56. The number of hydrogen-bond acceptors (Lipinski definition) is 5. The van der Waals surface area contributed by atoms with Crippen molar-refractivity contribution >= 4 is 23.4 Å². The van der Waals surface area contributed by atoms with Gasteiger partial charge in [-0.3, -0.25) is 14.9 Å². The molecule has 1 heterocycles. The molecule has 0 unspecified atom stereocenters. The average Bonchev–Trinajstić information content (AvgIpc) is 3.00. The van der Waals surface area contributed by atoms with Crippen LogP contribution >= 0.6 is 0 Å². The number of aromatic hydroxyl groups is 1. The summed E-state index contributed by atoms with van der Waals surface area (Å²) < 4.78 is 1.83. The number of amides is 1. The molecule has 30 heavy (non-hydrogen) atoms. The fourth-order valence-electron chi connectivity index (χ4n) is 3.12. The van der Waals surface area contributed by atoms with Gasteiger partial charge in [0.05, 0.1) is 10.6 Å². The fourth-order valence-corrected chi connectivity index (χ4v) is 3.12. The summed E-state index contributed by atoms with van der Waals surface area (Å²) in [5.41, 5.74) is 3.13. The first-order valence-electron chi connectivity index (χ1n) is 8.96. The summed E-state index contributed by atoms with van der Waals surface area (Å²) in [7, 11) is 0. The largest absolute Gasteiger partial charge is 0.508 e. The molecule has 0 radical (unpaired) electrons. The summed E-state index contributed by atoms with van der Waals surface area (Å²) in [5.74, 6) is -0.513. The van der Waals surface area contributed by atoms with E-state index in [0.29, 0.717) is 16.9 Å². The first-order chi connectivity index (χ1) is 14.3. The second kappa shape index (κ2) is 8.32. The van der Waals surface area contributed by atoms with Gasteiger partial charge < -0.3 is 15.0 Å². The number of non-ortho nitro benzene ring substituents is 1. The predicted octanol–water partition coefficient (Wildman–Crippen LogP) is 4.25. The second-order valence-electron chi connectivity index (χ2n) is 6.61. The van der Waals surface area contributed by atoms with Gasteiger partial charge in [-0.25, -0.2) is 0 Å². The minimum atomic E-state index is -0.580. The molecule has 1 aromatic heterocycles. The summed E-state index contributed by atoms with van der Waals surface area (Å²) in [5, 5.41) is 32.5. The molecule has 150 valence electrons. The lowest BCUT2D eigenvalue weighted by atomic mass is 10.1. The van der Waals surface area contributed by atoms with E-state index in [-0.39, 0.29) is 17.0 Å². The lowest BCUT2D eigenvalue weighted by molar-refractivity contribution is -0.384. The van der Waals surface area contributed by atoms with Crippen LogP contribution in [-0.2, 0) is 4.79 Å². The van der Waals surface area contributed by atoms with Crippen LogP contribution in [0.1, 0.15) is 17.0 Å². The van der Waals surface area contributed by atoms with Crippen molar-refractivity contribution in [3.8, 4) is 17.5 Å². The lowest BCUT2D eigenvalue weighted by Crippen LogP contribution is -2.13. The molecule has 0 aliphatic carbocycles. The monoisotopic (exact) mass is 402 g/mol. The Balaban J connectivity index is 1.94. The molecular weight excluding hydrogens is 384 g/mol. The molecule has 0 saturated heterocycles. The zero-order valence-electron chi connectivity index (χ0n) is 16.3. The molecule has 0 aliphatic rings. The summed E-state index contributed by atoms with van der Waals surface area (Å²) in [6, 6.07) is 15.9. The lowest BCUT2D eigenvalue weighted by Gasteiger charge is -2.09. The van der Waals surface area contributed by atoms with Crippen molar-refractivity contribution in [2.75, 3.05) is 5.32 Å². The molecule has 3 rings (SSSR count). The first-order valence-corrected chi connectivity index (χ1v) is 8.96. The maximum Gasteiger partial charge on any atom is 0.271 e. The van der Waals surface area contributed by atoms with Gasteiger partial charge in [-0.05, 0) is 61.9 Å². The number of carbonyl (C=O) groups excluding carboxylic acids is 1. The summed E-state index contributed by atoms with van der Waals surface area (Å²) in [4.78, 5) is 23.1. The minimum Gasteiger partial charge on any atom is -0.508 e. The number of nitro groups is 1. The fraction of sp³-hybridized carbons (Fsp3) is 0.0909. The van der Waals surface area contributed by atoms with Crippen LogP contribution in [0.25, 0.3) is 11.8 Å². The number of phenols is 1. The van der Waals surface area contributed by atoms with Gasteiger partial charge in [0, 0.05) is 29.2 Å². The van der Waals surface area contributed by atoms with E-state index in [4.69, 9.17) is 0 Å². The van der Waals surface area contributed by atoms with Crippen LogP contribution in [0.2, 0.25) is 0 Å². The second-order valence-corrected chi connectivity index (χ2v) is 6.61. The van der Waals surface area contributed by atoms with Crippen LogP contribution < -0.4 is 5.32 Å². The normalized spacial score (nSPS) is 11.0. The van der Waals surface area contributed by atoms with E-state index in [0.717, 1.165) is 11.4 Å². The highest BCUT2D eigenvalue weighted by molar-refractivity contribution is 6.09. The molecule has 0 atom stereocenters. The van der Waals surface area contributed by atoms with Crippen molar-refractivity contribution in [1.82, 2.24) is 4.57 Å². The van der Waals surface area contributed by atoms with Gasteiger partial charge in [0.1, 0.15) is 17.4 Å². The highest BCUT2D eigenvalue weighted by Gasteiger charge is 2.15. The van der Waals surface area contributed by atoms with E-state index >= 15 is 0 Å². The Bertz CT molecular complexity index is 1200. The van der Waals surface area contributed by atoms with Crippen LogP contribution in [0.15, 0.2) is 60.2 Å². The molecule has 8 nitrogen and oxygen atoms in total. The molecule has 0 aliphatic heterocycles. The highest BCUT2D eigenvalue weighted by Crippen LogP contribution is 2.25. The molecule has 0 saturated carbocycles. The van der Waals surface area contributed by atoms with Crippen LogP contribution in [0.3, 0.4) is 0 Å². The molecule has 0 spiro atoms. The Hall–Kier alpha value is -4.38. The van der Waals surface area contributed by atoms with Crippen LogP contribution in [0.4, 0.5) is 11.4 Å². The van der Waals surface area contributed by atoms with E-state index in [1.807, 2.05) is 24.5 Å². The van der Waals surface area contributed by atoms with Crippen LogP contribution in [0, 0.1) is 35.3 Å². The molecule has 2 N–H and O–H groups in total. The number of nitro benzene ring substituents is 1. The van der Waals surface area contributed by atoms with Gasteiger partial charge in [0.15, 0.2) is 0 Å². The highest BCUT2D eigenvalue weighted by atomic mass is 16.6. The Labute approximate surface area is 172 Å². The minimum absolute atomic E-state index is 0.0249. The number of benzene rings is 2. The van der Waals surface area contributed by atoms with Crippen molar-refractivity contribution in [2.45, 2.75) is 13.8 Å². The van der Waals surface area contributed by atoms with Gasteiger partial charge in [-0.2, -0.15) is 5.26 Å². The van der Waals surface area contributed by atoms with Crippen LogP contribution in [-0.4, -0.2) is 20.5 Å². The maximum atomic E-state index is 12.5. The zero-order valence-corrected chi connectivity index (χ0v) is 16.3. The predicted molar refractivity (Wildman–Crippen MR) is 112 cm³/mol. The van der Waals surface area contributed by atoms with E-state index in [1.165, 1.54) is 42.5 Å². The SMILES string of the molecule is Cc1cc(/C=C(/C#N)C(=O)Nc2ccc(O)cc2)c(C)n1-c1cccc([N+](=O)[O-])c1. The summed E-state index contributed by atoms with van der Waals surface area (Å²) in [6.07, 6.45) is 1.48. The Morgan fingerprint density at radius 1 is 1.20 bits per heavy atom. The average molecular weight is 402 g/mol. The van der Waals surface area contributed by atoms with Crippen LogP contribution in [0.5, 0.6) is 5.75 Å². The number of phenolic OH excluding ortho intramolecular Hbond substituents is 1. The third-order valence-electron chi connectivity index (χ3n) is 4.56. The summed E-state index contributed by atoms with van der Waals surface area (Å²) >= 11 is 0. The van der Waals surface area contributed by atoms with Crippen molar-refractivity contribution < 1.29 is 14.8 Å². The number of rotatable bonds is 5. The van der Waals surface area contributed by atoms with Gasteiger partial charge in [0.2, 0.25) is 0 Å². The number of aryl methyl sites for hydroxylation is 1. The molecule has 8 heteroatoms.